The van der Waals surface area contributed by atoms with Gasteiger partial charge in [-0.05, 0) is 24.3 Å². The summed E-state index contributed by atoms with van der Waals surface area (Å²) in [6.45, 7) is 3.09. The summed E-state index contributed by atoms with van der Waals surface area (Å²) < 4.78 is 21.6. The van der Waals surface area contributed by atoms with Crippen LogP contribution in [-0.2, 0) is 0 Å². The van der Waals surface area contributed by atoms with Crippen LogP contribution in [0.2, 0.25) is 0 Å². The van der Waals surface area contributed by atoms with E-state index < -0.39 is 0 Å². The zero-order chi connectivity index (χ0) is 21.3. The summed E-state index contributed by atoms with van der Waals surface area (Å²) in [6.07, 6.45) is 3.61. The van der Waals surface area contributed by atoms with Crippen LogP contribution >= 0.6 is 0 Å². The predicted octanol–water partition coefficient (Wildman–Crippen LogP) is 2.71. The number of benzene rings is 2. The largest absolute Gasteiger partial charge is 0.493 e. The lowest BCUT2D eigenvalue weighted by Crippen LogP contribution is -2.41. The van der Waals surface area contributed by atoms with Crippen LogP contribution in [0.3, 0.4) is 0 Å². The van der Waals surface area contributed by atoms with E-state index in [1.54, 1.807) is 40.9 Å². The maximum Gasteiger partial charge on any atom is 0.169 e. The first-order valence-electron chi connectivity index (χ1n) is 9.70. The van der Waals surface area contributed by atoms with Crippen molar-refractivity contribution < 1.29 is 18.9 Å². The lowest BCUT2D eigenvalue weighted by Gasteiger charge is -2.31. The van der Waals surface area contributed by atoms with Crippen molar-refractivity contribution in [3.05, 3.63) is 47.5 Å². The maximum absolute atomic E-state index is 5.45. The summed E-state index contributed by atoms with van der Waals surface area (Å²) in [5, 5.41) is 13.2. The molecule has 0 bridgehead atoms. The quantitative estimate of drug-likeness (QED) is 0.621. The molecule has 160 valence electrons. The van der Waals surface area contributed by atoms with Gasteiger partial charge in [-0.15, -0.1) is 0 Å². The standard InChI is InChI=1S/C22H28N4O4/c1-27-19-9-5-7-17(21(19)29-3)15-23-25-11-13-26(14-12-25)24-16-18-8-6-10-20(28-2)22(18)30-4/h5-10,15-16H,11-14H2,1-4H3/b23-15-,24-16-. The summed E-state index contributed by atoms with van der Waals surface area (Å²) in [4.78, 5) is 0. The summed E-state index contributed by atoms with van der Waals surface area (Å²) in [7, 11) is 6.51. The van der Waals surface area contributed by atoms with E-state index in [2.05, 4.69) is 10.2 Å². The van der Waals surface area contributed by atoms with Crippen molar-refractivity contribution in [3.63, 3.8) is 0 Å². The molecule has 1 fully saturated rings. The van der Waals surface area contributed by atoms with Crippen LogP contribution in [0.5, 0.6) is 23.0 Å². The molecule has 0 atom stereocenters. The molecular formula is C22H28N4O4. The summed E-state index contributed by atoms with van der Waals surface area (Å²) in [6, 6.07) is 11.5. The van der Waals surface area contributed by atoms with Gasteiger partial charge in [0.05, 0.1) is 67.0 Å². The van der Waals surface area contributed by atoms with Crippen LogP contribution in [0.15, 0.2) is 46.6 Å². The van der Waals surface area contributed by atoms with Gasteiger partial charge in [0.2, 0.25) is 0 Å². The molecule has 2 aromatic rings. The molecule has 0 spiro atoms. The van der Waals surface area contributed by atoms with Crippen molar-refractivity contribution in [1.82, 2.24) is 10.0 Å². The zero-order valence-corrected chi connectivity index (χ0v) is 17.9. The van der Waals surface area contributed by atoms with Gasteiger partial charge in [0, 0.05) is 11.1 Å². The van der Waals surface area contributed by atoms with Crippen molar-refractivity contribution in [3.8, 4) is 23.0 Å². The minimum atomic E-state index is 0.680. The Kier molecular flexibility index (Phi) is 7.37. The fourth-order valence-electron chi connectivity index (χ4n) is 3.23. The second-order valence-electron chi connectivity index (χ2n) is 6.56. The third kappa shape index (κ3) is 4.94. The van der Waals surface area contributed by atoms with Gasteiger partial charge in [-0.25, -0.2) is 0 Å². The highest BCUT2D eigenvalue weighted by atomic mass is 16.5. The molecule has 1 saturated heterocycles. The van der Waals surface area contributed by atoms with Crippen LogP contribution in [0, 0.1) is 0 Å². The van der Waals surface area contributed by atoms with E-state index in [1.807, 2.05) is 46.4 Å². The minimum Gasteiger partial charge on any atom is -0.493 e. The van der Waals surface area contributed by atoms with Crippen LogP contribution in [-0.4, -0.2) is 77.1 Å². The molecule has 1 heterocycles. The maximum atomic E-state index is 5.45. The second kappa shape index (κ2) is 10.4. The van der Waals surface area contributed by atoms with Crippen molar-refractivity contribution in [2.24, 2.45) is 10.2 Å². The number of rotatable bonds is 8. The number of hydrazone groups is 2. The summed E-state index contributed by atoms with van der Waals surface area (Å²) in [5.41, 5.74) is 1.75. The Morgan fingerprint density at radius 1 is 0.633 bits per heavy atom. The molecule has 0 amide bonds. The Balaban J connectivity index is 1.60. The van der Waals surface area contributed by atoms with E-state index in [4.69, 9.17) is 18.9 Å². The second-order valence-corrected chi connectivity index (χ2v) is 6.56. The monoisotopic (exact) mass is 412 g/mol. The lowest BCUT2D eigenvalue weighted by atomic mass is 10.2. The van der Waals surface area contributed by atoms with Crippen LogP contribution in [0.4, 0.5) is 0 Å². The van der Waals surface area contributed by atoms with Gasteiger partial charge < -0.3 is 18.9 Å². The highest BCUT2D eigenvalue weighted by Gasteiger charge is 2.15. The smallest absolute Gasteiger partial charge is 0.169 e. The van der Waals surface area contributed by atoms with Crippen LogP contribution in [0.25, 0.3) is 0 Å². The number of piperazine rings is 1. The summed E-state index contributed by atoms with van der Waals surface area (Å²) >= 11 is 0. The van der Waals surface area contributed by atoms with E-state index >= 15 is 0 Å². The number of ether oxygens (including phenoxy) is 4. The summed E-state index contributed by atoms with van der Waals surface area (Å²) in [5.74, 6) is 2.74. The molecule has 30 heavy (non-hydrogen) atoms. The van der Waals surface area contributed by atoms with Gasteiger partial charge >= 0.3 is 0 Å². The molecule has 1 aliphatic heterocycles. The van der Waals surface area contributed by atoms with Gasteiger partial charge in [-0.2, -0.15) is 10.2 Å². The molecule has 0 radical (unpaired) electrons. The Labute approximate surface area is 177 Å². The van der Waals surface area contributed by atoms with Gasteiger partial charge in [-0.1, -0.05) is 12.1 Å². The normalized spacial score (nSPS) is 14.4. The SMILES string of the molecule is COc1cccc(/C=N\N2CCN(/N=C\c3cccc(OC)c3OC)CC2)c1OC. The van der Waals surface area contributed by atoms with E-state index in [9.17, 15) is 0 Å². The fourth-order valence-corrected chi connectivity index (χ4v) is 3.23. The van der Waals surface area contributed by atoms with Gasteiger partial charge in [0.1, 0.15) is 0 Å². The molecule has 0 aromatic heterocycles. The number of para-hydroxylation sites is 2. The third-order valence-corrected chi connectivity index (χ3v) is 4.82. The topological polar surface area (TPSA) is 68.1 Å². The highest BCUT2D eigenvalue weighted by Crippen LogP contribution is 2.30. The molecule has 0 unspecified atom stereocenters. The molecule has 2 aromatic carbocycles. The van der Waals surface area contributed by atoms with E-state index in [-0.39, 0.29) is 0 Å². The average Bonchev–Trinajstić information content (AvgIpc) is 2.81. The lowest BCUT2D eigenvalue weighted by molar-refractivity contribution is 0.141. The molecular weight excluding hydrogens is 384 g/mol. The van der Waals surface area contributed by atoms with E-state index in [1.165, 1.54) is 0 Å². The van der Waals surface area contributed by atoms with Crippen molar-refractivity contribution >= 4 is 12.4 Å². The Morgan fingerprint density at radius 2 is 1.03 bits per heavy atom. The van der Waals surface area contributed by atoms with Crippen molar-refractivity contribution in [1.29, 1.82) is 0 Å². The molecule has 3 rings (SSSR count). The van der Waals surface area contributed by atoms with Gasteiger partial charge in [0.25, 0.3) is 0 Å². The van der Waals surface area contributed by atoms with Gasteiger partial charge in [-0.3, -0.25) is 10.0 Å². The predicted molar refractivity (Wildman–Crippen MR) is 117 cm³/mol. The Morgan fingerprint density at radius 3 is 1.37 bits per heavy atom. The molecule has 1 aliphatic rings. The van der Waals surface area contributed by atoms with E-state index in [0.29, 0.717) is 23.0 Å². The van der Waals surface area contributed by atoms with Gasteiger partial charge in [0.15, 0.2) is 23.0 Å². The molecule has 0 aliphatic carbocycles. The number of methoxy groups -OCH3 is 4. The molecule has 0 saturated carbocycles. The number of nitrogens with zero attached hydrogens (tertiary/aromatic N) is 4. The van der Waals surface area contributed by atoms with Crippen molar-refractivity contribution in [2.75, 3.05) is 54.6 Å². The first-order chi connectivity index (χ1) is 14.7. The Hall–Kier alpha value is -3.42. The number of hydrogen-bond acceptors (Lipinski definition) is 8. The molecule has 8 nitrogen and oxygen atoms in total. The fraction of sp³-hybridized carbons (Fsp3) is 0.364. The first-order valence-corrected chi connectivity index (χ1v) is 9.70. The third-order valence-electron chi connectivity index (χ3n) is 4.82. The average molecular weight is 412 g/mol. The zero-order valence-electron chi connectivity index (χ0n) is 17.9. The minimum absolute atomic E-state index is 0.680. The van der Waals surface area contributed by atoms with Crippen LogP contribution < -0.4 is 18.9 Å². The molecule has 0 N–H and O–H groups in total. The first kappa shape index (κ1) is 21.3. The highest BCUT2D eigenvalue weighted by molar-refractivity contribution is 5.85. The number of hydrogen-bond donors (Lipinski definition) is 0. The Bertz CT molecular complexity index is 819. The van der Waals surface area contributed by atoms with Crippen molar-refractivity contribution in [2.45, 2.75) is 0 Å². The van der Waals surface area contributed by atoms with Crippen LogP contribution in [0.1, 0.15) is 11.1 Å². The molecule has 8 heteroatoms. The van der Waals surface area contributed by atoms with E-state index in [0.717, 1.165) is 37.3 Å².